The molecule has 3 aliphatic rings. The second kappa shape index (κ2) is 5.19. The normalized spacial score (nSPS) is 38.9. The van der Waals surface area contributed by atoms with Crippen LogP contribution in [0.4, 0.5) is 0 Å². The third-order valence-corrected chi connectivity index (χ3v) is 5.45. The van der Waals surface area contributed by atoms with Gasteiger partial charge in [-0.1, -0.05) is 6.42 Å². The fraction of sp³-hybridized carbons (Fsp3) is 0.933. The Hall–Kier alpha value is -0.590. The molecule has 0 radical (unpaired) electrons. The highest BCUT2D eigenvalue weighted by molar-refractivity contribution is 5.01. The van der Waals surface area contributed by atoms with Crippen LogP contribution >= 0.6 is 0 Å². The number of nitriles is 1. The van der Waals surface area contributed by atoms with Crippen molar-refractivity contribution in [2.24, 2.45) is 11.3 Å². The monoisotopic (exact) mass is 248 g/mol. The summed E-state index contributed by atoms with van der Waals surface area (Å²) in [6.45, 7) is 1.90. The molecule has 1 saturated heterocycles. The molecule has 0 unspecified atom stereocenters. The van der Waals surface area contributed by atoms with Gasteiger partial charge in [-0.2, -0.15) is 5.26 Å². The van der Waals surface area contributed by atoms with E-state index in [2.05, 4.69) is 11.4 Å². The standard InChI is InChI=1S/C15H24N2O/c16-11-12-3-4-13(10-12)17-14-2-1-5-15(14)6-8-18-9-7-15/h12-14,17H,1-10H2/t12-,13-,14+/m1/s1. The van der Waals surface area contributed by atoms with Crippen LogP contribution in [0.1, 0.15) is 51.4 Å². The summed E-state index contributed by atoms with van der Waals surface area (Å²) < 4.78 is 5.54. The molecule has 18 heavy (non-hydrogen) atoms. The Morgan fingerprint density at radius 1 is 1.11 bits per heavy atom. The van der Waals surface area contributed by atoms with Crippen LogP contribution < -0.4 is 5.32 Å². The lowest BCUT2D eigenvalue weighted by molar-refractivity contribution is 0.00256. The van der Waals surface area contributed by atoms with E-state index >= 15 is 0 Å². The average Bonchev–Trinajstić information content (AvgIpc) is 3.00. The van der Waals surface area contributed by atoms with E-state index in [0.717, 1.165) is 26.1 Å². The molecule has 0 aromatic rings. The van der Waals surface area contributed by atoms with Gasteiger partial charge in [0.2, 0.25) is 0 Å². The van der Waals surface area contributed by atoms with Crippen LogP contribution in [0.2, 0.25) is 0 Å². The summed E-state index contributed by atoms with van der Waals surface area (Å²) in [5, 5.41) is 12.9. The Balaban J connectivity index is 1.60. The predicted molar refractivity (Wildman–Crippen MR) is 70.0 cm³/mol. The molecule has 3 rings (SSSR count). The van der Waals surface area contributed by atoms with Crippen LogP contribution in [-0.2, 0) is 4.74 Å². The van der Waals surface area contributed by atoms with E-state index in [4.69, 9.17) is 10.00 Å². The van der Waals surface area contributed by atoms with Crippen LogP contribution in [0, 0.1) is 22.7 Å². The molecule has 0 aromatic heterocycles. The van der Waals surface area contributed by atoms with Crippen molar-refractivity contribution >= 4 is 0 Å². The van der Waals surface area contributed by atoms with Gasteiger partial charge in [0, 0.05) is 31.2 Å². The van der Waals surface area contributed by atoms with Gasteiger partial charge < -0.3 is 10.1 Å². The van der Waals surface area contributed by atoms with Crippen LogP contribution in [0.3, 0.4) is 0 Å². The highest BCUT2D eigenvalue weighted by atomic mass is 16.5. The summed E-state index contributed by atoms with van der Waals surface area (Å²) in [5.74, 6) is 0.301. The van der Waals surface area contributed by atoms with Gasteiger partial charge in [-0.05, 0) is 50.4 Å². The molecule has 1 N–H and O–H groups in total. The SMILES string of the molecule is N#C[C@@H]1CC[C@@H](N[C@H]2CCCC23CCOCC3)C1. The van der Waals surface area contributed by atoms with E-state index in [1.165, 1.54) is 38.5 Å². The molecule has 3 heteroatoms. The first-order valence-electron chi connectivity index (χ1n) is 7.56. The molecule has 3 fully saturated rings. The van der Waals surface area contributed by atoms with E-state index in [0.29, 0.717) is 23.4 Å². The molecular weight excluding hydrogens is 224 g/mol. The maximum absolute atomic E-state index is 8.99. The lowest BCUT2D eigenvalue weighted by atomic mass is 9.75. The van der Waals surface area contributed by atoms with Gasteiger partial charge >= 0.3 is 0 Å². The van der Waals surface area contributed by atoms with Crippen molar-refractivity contribution in [3.05, 3.63) is 0 Å². The molecule has 1 spiro atoms. The first-order chi connectivity index (χ1) is 8.82. The van der Waals surface area contributed by atoms with Gasteiger partial charge in [0.1, 0.15) is 0 Å². The largest absolute Gasteiger partial charge is 0.381 e. The Bertz CT molecular complexity index is 330. The first kappa shape index (κ1) is 12.4. The molecule has 100 valence electrons. The number of nitrogens with one attached hydrogen (secondary N) is 1. The zero-order valence-corrected chi connectivity index (χ0v) is 11.2. The first-order valence-corrected chi connectivity index (χ1v) is 7.56. The van der Waals surface area contributed by atoms with Crippen molar-refractivity contribution in [3.63, 3.8) is 0 Å². The zero-order chi connectivity index (χ0) is 12.4. The van der Waals surface area contributed by atoms with Crippen molar-refractivity contribution in [1.29, 1.82) is 5.26 Å². The van der Waals surface area contributed by atoms with Gasteiger partial charge in [0.05, 0.1) is 6.07 Å². The molecule has 1 aliphatic heterocycles. The van der Waals surface area contributed by atoms with Gasteiger partial charge in [0.15, 0.2) is 0 Å². The molecule has 3 nitrogen and oxygen atoms in total. The molecule has 0 amide bonds. The summed E-state index contributed by atoms with van der Waals surface area (Å²) in [6, 6.07) is 3.71. The second-order valence-electron chi connectivity index (χ2n) is 6.42. The lowest BCUT2D eigenvalue weighted by Crippen LogP contribution is -2.48. The summed E-state index contributed by atoms with van der Waals surface area (Å²) in [6.07, 6.45) is 9.90. The maximum Gasteiger partial charge on any atom is 0.0656 e. The molecule has 2 saturated carbocycles. The van der Waals surface area contributed by atoms with Crippen molar-refractivity contribution in [3.8, 4) is 6.07 Å². The van der Waals surface area contributed by atoms with E-state index in [9.17, 15) is 0 Å². The quantitative estimate of drug-likeness (QED) is 0.817. The van der Waals surface area contributed by atoms with Gasteiger partial charge in [-0.25, -0.2) is 0 Å². The fourth-order valence-electron chi connectivity index (χ4n) is 4.31. The topological polar surface area (TPSA) is 45.0 Å². The highest BCUT2D eigenvalue weighted by Gasteiger charge is 2.44. The van der Waals surface area contributed by atoms with Crippen molar-refractivity contribution in [2.45, 2.75) is 63.5 Å². The third kappa shape index (κ3) is 2.29. The Morgan fingerprint density at radius 3 is 2.67 bits per heavy atom. The third-order valence-electron chi connectivity index (χ3n) is 5.45. The molecule has 0 bridgehead atoms. The van der Waals surface area contributed by atoms with Crippen molar-refractivity contribution < 1.29 is 4.74 Å². The minimum Gasteiger partial charge on any atom is -0.381 e. The van der Waals surface area contributed by atoms with Crippen LogP contribution in [-0.4, -0.2) is 25.3 Å². The van der Waals surface area contributed by atoms with Gasteiger partial charge in [0.25, 0.3) is 0 Å². The van der Waals surface area contributed by atoms with E-state index < -0.39 is 0 Å². The smallest absolute Gasteiger partial charge is 0.0656 e. The fourth-order valence-corrected chi connectivity index (χ4v) is 4.31. The van der Waals surface area contributed by atoms with E-state index in [-0.39, 0.29) is 0 Å². The summed E-state index contributed by atoms with van der Waals surface area (Å²) in [7, 11) is 0. The molecule has 2 aliphatic carbocycles. The zero-order valence-electron chi connectivity index (χ0n) is 11.2. The van der Waals surface area contributed by atoms with Crippen LogP contribution in [0.25, 0.3) is 0 Å². The van der Waals surface area contributed by atoms with Crippen LogP contribution in [0.5, 0.6) is 0 Å². The highest BCUT2D eigenvalue weighted by Crippen LogP contribution is 2.46. The lowest BCUT2D eigenvalue weighted by Gasteiger charge is -2.40. The molecule has 3 atom stereocenters. The number of ether oxygens (including phenoxy) is 1. The van der Waals surface area contributed by atoms with Gasteiger partial charge in [-0.15, -0.1) is 0 Å². The Labute approximate surface area is 110 Å². The summed E-state index contributed by atoms with van der Waals surface area (Å²) >= 11 is 0. The maximum atomic E-state index is 8.99. The Morgan fingerprint density at radius 2 is 1.94 bits per heavy atom. The number of rotatable bonds is 2. The van der Waals surface area contributed by atoms with E-state index in [1.54, 1.807) is 0 Å². The Kier molecular flexibility index (Phi) is 3.59. The molecular formula is C15H24N2O. The summed E-state index contributed by atoms with van der Waals surface area (Å²) in [4.78, 5) is 0. The van der Waals surface area contributed by atoms with Gasteiger partial charge in [-0.3, -0.25) is 0 Å². The van der Waals surface area contributed by atoms with Crippen molar-refractivity contribution in [1.82, 2.24) is 5.32 Å². The molecule has 1 heterocycles. The number of hydrogen-bond acceptors (Lipinski definition) is 3. The number of nitrogens with zero attached hydrogens (tertiary/aromatic N) is 1. The van der Waals surface area contributed by atoms with Crippen molar-refractivity contribution in [2.75, 3.05) is 13.2 Å². The molecule has 0 aromatic carbocycles. The second-order valence-corrected chi connectivity index (χ2v) is 6.42. The average molecular weight is 248 g/mol. The summed E-state index contributed by atoms with van der Waals surface area (Å²) in [5.41, 5.74) is 0.517. The predicted octanol–water partition coefficient (Wildman–Crippen LogP) is 2.62. The minimum absolute atomic E-state index is 0.301. The number of hydrogen-bond donors (Lipinski definition) is 1. The van der Waals surface area contributed by atoms with Crippen LogP contribution in [0.15, 0.2) is 0 Å². The van der Waals surface area contributed by atoms with E-state index in [1.807, 2.05) is 0 Å². The minimum atomic E-state index is 0.301.